The molecule has 1 aromatic carbocycles. The molecule has 0 spiro atoms. The summed E-state index contributed by atoms with van der Waals surface area (Å²) in [5.41, 5.74) is 2.69. The minimum absolute atomic E-state index is 0.0877. The summed E-state index contributed by atoms with van der Waals surface area (Å²) < 4.78 is 11.5. The third-order valence-electron chi connectivity index (χ3n) is 11.0. The Hall–Kier alpha value is -3.60. The number of hydrogen-bond acceptors (Lipinski definition) is 9. The van der Waals surface area contributed by atoms with Crippen molar-refractivity contribution in [2.75, 3.05) is 62.2 Å². The molecule has 11 heteroatoms. The Morgan fingerprint density at radius 2 is 1.64 bits per heavy atom. The summed E-state index contributed by atoms with van der Waals surface area (Å²) in [7, 11) is 0. The molecule has 1 aliphatic carbocycles. The van der Waals surface area contributed by atoms with E-state index in [1.807, 2.05) is 56.0 Å². The van der Waals surface area contributed by atoms with Gasteiger partial charge in [0.05, 0.1) is 24.3 Å². The molecule has 6 aliphatic rings. The summed E-state index contributed by atoms with van der Waals surface area (Å²) in [4.78, 5) is 47.9. The van der Waals surface area contributed by atoms with E-state index in [4.69, 9.17) is 19.4 Å². The first kappa shape index (κ1) is 30.7. The fourth-order valence-electron chi connectivity index (χ4n) is 8.74. The van der Waals surface area contributed by atoms with Gasteiger partial charge < -0.3 is 29.1 Å². The number of carbonyl (C=O) groups is 2. The van der Waals surface area contributed by atoms with Gasteiger partial charge in [0.25, 0.3) is 0 Å². The van der Waals surface area contributed by atoms with Crippen LogP contribution in [0.1, 0.15) is 63.8 Å². The van der Waals surface area contributed by atoms with E-state index < -0.39 is 5.60 Å². The quantitative estimate of drug-likeness (QED) is 0.450. The minimum atomic E-state index is -0.525. The van der Waals surface area contributed by atoms with E-state index in [0.29, 0.717) is 19.5 Å². The molecule has 2 amide bonds. The van der Waals surface area contributed by atoms with Crippen LogP contribution in [0.2, 0.25) is 0 Å². The highest BCUT2D eigenvalue weighted by Crippen LogP contribution is 2.47. The van der Waals surface area contributed by atoms with Gasteiger partial charge >= 0.3 is 12.2 Å². The number of nitrogens with zero attached hydrogens (tertiary/aromatic N) is 7. The first-order chi connectivity index (χ1) is 22.5. The number of hydrogen-bond donors (Lipinski definition) is 0. The SMILES string of the molecule is CC1(CN2CC3CC3C2)CN(c2nc3c(c(N4C[C@H]5CC[C@@H](C4)N5C(=O)OC(C)(C)C)n2)CCN(C(=O)OCc2ccccc2)C3)C1. The van der Waals surface area contributed by atoms with Gasteiger partial charge in [-0.3, -0.25) is 4.90 Å². The number of anilines is 2. The molecule has 47 heavy (non-hydrogen) atoms. The van der Waals surface area contributed by atoms with E-state index >= 15 is 0 Å². The molecule has 4 saturated heterocycles. The minimum Gasteiger partial charge on any atom is -0.445 e. The number of amides is 2. The van der Waals surface area contributed by atoms with Crippen LogP contribution in [-0.2, 0) is 29.0 Å². The van der Waals surface area contributed by atoms with Gasteiger partial charge in [-0.1, -0.05) is 37.3 Å². The summed E-state index contributed by atoms with van der Waals surface area (Å²) in [6.45, 7) is 16.3. The number of piperidine rings is 1. The van der Waals surface area contributed by atoms with Crippen LogP contribution in [0.25, 0.3) is 0 Å². The lowest BCUT2D eigenvalue weighted by Gasteiger charge is -2.50. The number of piperazine rings is 1. The van der Waals surface area contributed by atoms with Crippen molar-refractivity contribution < 1.29 is 19.1 Å². The Morgan fingerprint density at radius 3 is 2.32 bits per heavy atom. The first-order valence-corrected chi connectivity index (χ1v) is 17.6. The largest absolute Gasteiger partial charge is 0.445 e. The molecule has 2 unspecified atom stereocenters. The highest BCUT2D eigenvalue weighted by Gasteiger charge is 2.49. The van der Waals surface area contributed by atoms with Gasteiger partial charge in [-0.15, -0.1) is 0 Å². The molecule has 0 N–H and O–H groups in total. The Labute approximate surface area is 278 Å². The van der Waals surface area contributed by atoms with Crippen molar-refractivity contribution in [3.8, 4) is 0 Å². The number of likely N-dealkylation sites (tertiary alicyclic amines) is 1. The summed E-state index contributed by atoms with van der Waals surface area (Å²) in [6.07, 6.45) is 3.49. The van der Waals surface area contributed by atoms with Crippen LogP contribution in [0, 0.1) is 17.3 Å². The fraction of sp³-hybridized carbons (Fsp3) is 0.667. The normalized spacial score (nSPS) is 27.7. The molecule has 11 nitrogen and oxygen atoms in total. The third-order valence-corrected chi connectivity index (χ3v) is 11.0. The molecule has 5 aliphatic heterocycles. The molecule has 1 saturated carbocycles. The fourth-order valence-corrected chi connectivity index (χ4v) is 8.74. The third kappa shape index (κ3) is 6.23. The van der Waals surface area contributed by atoms with Crippen molar-refractivity contribution in [3.63, 3.8) is 0 Å². The van der Waals surface area contributed by atoms with E-state index in [-0.39, 0.29) is 36.3 Å². The second kappa shape index (κ2) is 11.5. The average molecular weight is 644 g/mol. The van der Waals surface area contributed by atoms with Crippen LogP contribution in [0.15, 0.2) is 30.3 Å². The maximum atomic E-state index is 13.2. The van der Waals surface area contributed by atoms with E-state index in [1.54, 1.807) is 4.90 Å². The Kier molecular flexibility index (Phi) is 7.53. The highest BCUT2D eigenvalue weighted by atomic mass is 16.6. The number of carbonyl (C=O) groups excluding carboxylic acids is 2. The van der Waals surface area contributed by atoms with Crippen LogP contribution in [0.5, 0.6) is 0 Å². The number of benzene rings is 1. The van der Waals surface area contributed by atoms with Gasteiger partial charge in [0.2, 0.25) is 5.95 Å². The second-order valence-corrected chi connectivity index (χ2v) is 16.3. The molecule has 0 radical (unpaired) electrons. The molecule has 6 heterocycles. The summed E-state index contributed by atoms with van der Waals surface area (Å²) in [5, 5.41) is 0. The number of fused-ring (bicyclic) bond motifs is 4. The first-order valence-electron chi connectivity index (χ1n) is 17.6. The zero-order chi connectivity index (χ0) is 32.5. The lowest BCUT2D eigenvalue weighted by atomic mass is 9.81. The molecule has 8 rings (SSSR count). The zero-order valence-electron chi connectivity index (χ0n) is 28.4. The van der Waals surface area contributed by atoms with Gasteiger partial charge in [0.15, 0.2) is 0 Å². The summed E-state index contributed by atoms with van der Waals surface area (Å²) in [6, 6.07) is 9.97. The molecule has 1 aromatic heterocycles. The van der Waals surface area contributed by atoms with Crippen molar-refractivity contribution in [3.05, 3.63) is 47.2 Å². The van der Waals surface area contributed by atoms with Crippen molar-refractivity contribution in [2.45, 2.75) is 84.2 Å². The van der Waals surface area contributed by atoms with Crippen molar-refractivity contribution in [1.82, 2.24) is 24.7 Å². The van der Waals surface area contributed by atoms with E-state index in [1.165, 1.54) is 19.5 Å². The number of rotatable bonds is 6. The molecular formula is C36H49N7O4. The number of ether oxygens (including phenoxy) is 2. The highest BCUT2D eigenvalue weighted by molar-refractivity contribution is 5.71. The van der Waals surface area contributed by atoms with Crippen LogP contribution >= 0.6 is 0 Å². The smallest absolute Gasteiger partial charge is 0.410 e. The predicted octanol–water partition coefficient (Wildman–Crippen LogP) is 4.54. The zero-order valence-corrected chi connectivity index (χ0v) is 28.4. The van der Waals surface area contributed by atoms with Crippen molar-refractivity contribution in [1.29, 1.82) is 0 Å². The van der Waals surface area contributed by atoms with Crippen molar-refractivity contribution in [2.24, 2.45) is 17.3 Å². The van der Waals surface area contributed by atoms with Gasteiger partial charge in [-0.25, -0.2) is 14.6 Å². The monoisotopic (exact) mass is 643 g/mol. The lowest BCUT2D eigenvalue weighted by molar-refractivity contribution is 0.0122. The standard InChI is InChI=1S/C36H49N7O4/c1-35(2,3)47-34(45)43-27-10-11-28(43)18-41(17-27)31-29-12-13-40(33(44)46-20-24-8-6-5-7-9-24)19-30(29)37-32(38-31)42-22-36(4,23-42)21-39-15-25-14-26(25)16-39/h5-9,25-28H,10-23H2,1-4H3/t25?,26?,27-,28+. The summed E-state index contributed by atoms with van der Waals surface area (Å²) in [5.74, 6) is 3.60. The molecular weight excluding hydrogens is 594 g/mol. The number of aromatic nitrogens is 2. The van der Waals surface area contributed by atoms with Crippen LogP contribution in [0.3, 0.4) is 0 Å². The second-order valence-electron chi connectivity index (χ2n) is 16.3. The topological polar surface area (TPSA) is 94.6 Å². The lowest BCUT2D eigenvalue weighted by Crippen LogP contribution is -2.60. The molecule has 2 aromatic rings. The maximum absolute atomic E-state index is 13.2. The Bertz CT molecular complexity index is 1500. The molecule has 4 atom stereocenters. The van der Waals surface area contributed by atoms with Crippen molar-refractivity contribution >= 4 is 24.0 Å². The van der Waals surface area contributed by atoms with Gasteiger partial charge in [-0.2, -0.15) is 4.98 Å². The van der Waals surface area contributed by atoms with E-state index in [2.05, 4.69) is 21.6 Å². The predicted molar refractivity (Wildman–Crippen MR) is 178 cm³/mol. The van der Waals surface area contributed by atoms with Crippen LogP contribution in [-0.4, -0.2) is 107 Å². The molecule has 2 bridgehead atoms. The molecule has 252 valence electrons. The van der Waals surface area contributed by atoms with Crippen LogP contribution in [0.4, 0.5) is 21.4 Å². The Morgan fingerprint density at radius 1 is 0.936 bits per heavy atom. The maximum Gasteiger partial charge on any atom is 0.410 e. The average Bonchev–Trinajstić information content (AvgIpc) is 3.54. The Balaban J connectivity index is 1.01. The summed E-state index contributed by atoms with van der Waals surface area (Å²) >= 11 is 0. The van der Waals surface area contributed by atoms with Gasteiger partial charge in [0, 0.05) is 63.3 Å². The molecule has 5 fully saturated rings. The van der Waals surface area contributed by atoms with Gasteiger partial charge in [0.1, 0.15) is 18.0 Å². The van der Waals surface area contributed by atoms with Crippen LogP contribution < -0.4 is 9.80 Å². The van der Waals surface area contributed by atoms with E-state index in [9.17, 15) is 9.59 Å². The van der Waals surface area contributed by atoms with E-state index in [0.717, 1.165) is 86.0 Å². The van der Waals surface area contributed by atoms with Gasteiger partial charge in [-0.05, 0) is 63.9 Å².